The highest BCUT2D eigenvalue weighted by Gasteiger charge is 2.32. The molecule has 1 saturated heterocycles. The lowest BCUT2D eigenvalue weighted by molar-refractivity contribution is -0.122. The Hall–Kier alpha value is -2.80. The minimum atomic E-state index is -0.486. The van der Waals surface area contributed by atoms with Gasteiger partial charge in [0, 0.05) is 12.1 Å². The predicted octanol–water partition coefficient (Wildman–Crippen LogP) is 3.33. The Morgan fingerprint density at radius 2 is 1.92 bits per heavy atom. The lowest BCUT2D eigenvalue weighted by Gasteiger charge is -2.08. The normalized spacial score (nSPS) is 17.8. The monoisotopic (exact) mass is 369 g/mol. The van der Waals surface area contributed by atoms with Gasteiger partial charge in [-0.2, -0.15) is 0 Å². The summed E-state index contributed by atoms with van der Waals surface area (Å²) in [4.78, 5) is 28.7. The Bertz CT molecular complexity index is 807. The number of nitrogens with zero attached hydrogens (tertiary/aromatic N) is 1. The standard InChI is InChI=1S/C19H19N3O3S/c1-2-25-15-10-8-14(9-11-15)20-17(23)12-16-18(24)22-19(26-16)21-13-6-4-3-5-7-13/h3-11,16H,2,12H2,1H3,(H,20,23)(H,21,22,24)/t16-/m0/s1. The first-order chi connectivity index (χ1) is 12.6. The fraction of sp³-hybridized carbons (Fsp3) is 0.211. The third-order valence-corrected chi connectivity index (χ3v) is 4.67. The summed E-state index contributed by atoms with van der Waals surface area (Å²) in [5.41, 5.74) is 1.43. The van der Waals surface area contributed by atoms with Gasteiger partial charge in [0.1, 0.15) is 11.0 Å². The van der Waals surface area contributed by atoms with Gasteiger partial charge in [-0.15, -0.1) is 0 Å². The van der Waals surface area contributed by atoms with Crippen molar-refractivity contribution in [3.8, 4) is 5.75 Å². The van der Waals surface area contributed by atoms with Crippen molar-refractivity contribution in [1.82, 2.24) is 5.32 Å². The zero-order chi connectivity index (χ0) is 18.4. The van der Waals surface area contributed by atoms with E-state index in [1.807, 2.05) is 37.3 Å². The molecule has 3 rings (SSSR count). The largest absolute Gasteiger partial charge is 0.494 e. The smallest absolute Gasteiger partial charge is 0.240 e. The minimum absolute atomic E-state index is 0.0809. The van der Waals surface area contributed by atoms with Crippen LogP contribution < -0.4 is 15.4 Å². The van der Waals surface area contributed by atoms with Crippen molar-refractivity contribution in [2.24, 2.45) is 4.99 Å². The first kappa shape index (κ1) is 18.0. The van der Waals surface area contributed by atoms with E-state index in [-0.39, 0.29) is 18.2 Å². The molecule has 0 spiro atoms. The van der Waals surface area contributed by atoms with Gasteiger partial charge in [-0.05, 0) is 43.3 Å². The summed E-state index contributed by atoms with van der Waals surface area (Å²) >= 11 is 1.27. The van der Waals surface area contributed by atoms with Gasteiger partial charge in [0.2, 0.25) is 11.8 Å². The molecule has 1 aliphatic rings. The molecule has 6 nitrogen and oxygen atoms in total. The number of carbonyl (C=O) groups is 2. The van der Waals surface area contributed by atoms with E-state index in [2.05, 4.69) is 15.6 Å². The number of thioether (sulfide) groups is 1. The number of hydrogen-bond acceptors (Lipinski definition) is 5. The lowest BCUT2D eigenvalue weighted by atomic mass is 10.2. The van der Waals surface area contributed by atoms with Crippen molar-refractivity contribution in [2.45, 2.75) is 18.6 Å². The SMILES string of the molecule is CCOc1ccc(NC(=O)C[C@@H]2SC(=Nc3ccccc3)NC2=O)cc1. The maximum atomic E-state index is 12.2. The van der Waals surface area contributed by atoms with Crippen LogP contribution in [0.25, 0.3) is 0 Å². The van der Waals surface area contributed by atoms with E-state index in [1.165, 1.54) is 11.8 Å². The third kappa shape index (κ3) is 4.86. The molecule has 0 aromatic heterocycles. The molecule has 134 valence electrons. The number of nitrogens with one attached hydrogen (secondary N) is 2. The molecular weight excluding hydrogens is 350 g/mol. The van der Waals surface area contributed by atoms with Crippen LogP contribution >= 0.6 is 11.8 Å². The molecule has 2 aromatic rings. The van der Waals surface area contributed by atoms with E-state index in [9.17, 15) is 9.59 Å². The molecule has 2 amide bonds. The Kier molecular flexibility index (Phi) is 5.91. The molecule has 1 heterocycles. The molecule has 1 aliphatic heterocycles. The number of para-hydroxylation sites is 1. The number of amidine groups is 1. The number of hydrogen-bond donors (Lipinski definition) is 2. The highest BCUT2D eigenvalue weighted by molar-refractivity contribution is 8.15. The van der Waals surface area contributed by atoms with Gasteiger partial charge < -0.3 is 15.4 Å². The van der Waals surface area contributed by atoms with Crippen LogP contribution in [0.4, 0.5) is 11.4 Å². The highest BCUT2D eigenvalue weighted by atomic mass is 32.2. The maximum Gasteiger partial charge on any atom is 0.240 e. The van der Waals surface area contributed by atoms with Crippen molar-refractivity contribution in [2.75, 3.05) is 11.9 Å². The van der Waals surface area contributed by atoms with Crippen LogP contribution in [0.15, 0.2) is 59.6 Å². The average Bonchev–Trinajstić information content (AvgIpc) is 2.96. The zero-order valence-electron chi connectivity index (χ0n) is 14.3. The lowest BCUT2D eigenvalue weighted by Crippen LogP contribution is -2.28. The quantitative estimate of drug-likeness (QED) is 0.818. The van der Waals surface area contributed by atoms with E-state index in [1.54, 1.807) is 24.3 Å². The average molecular weight is 369 g/mol. The number of rotatable bonds is 6. The Labute approximate surface area is 156 Å². The summed E-state index contributed by atoms with van der Waals surface area (Å²) in [5.74, 6) is 0.326. The van der Waals surface area contributed by atoms with E-state index < -0.39 is 5.25 Å². The topological polar surface area (TPSA) is 79.8 Å². The fourth-order valence-corrected chi connectivity index (χ4v) is 3.38. The van der Waals surface area contributed by atoms with Crippen LogP contribution in [0.2, 0.25) is 0 Å². The predicted molar refractivity (Wildman–Crippen MR) is 104 cm³/mol. The van der Waals surface area contributed by atoms with Gasteiger partial charge in [-0.1, -0.05) is 30.0 Å². The molecule has 26 heavy (non-hydrogen) atoms. The van der Waals surface area contributed by atoms with Gasteiger partial charge in [0.25, 0.3) is 0 Å². The second-order valence-corrected chi connectivity index (χ2v) is 6.75. The van der Waals surface area contributed by atoms with Crippen molar-refractivity contribution in [3.63, 3.8) is 0 Å². The summed E-state index contributed by atoms with van der Waals surface area (Å²) < 4.78 is 5.37. The van der Waals surface area contributed by atoms with E-state index in [0.29, 0.717) is 17.5 Å². The number of benzene rings is 2. The summed E-state index contributed by atoms with van der Waals surface area (Å²) in [6, 6.07) is 16.5. The van der Waals surface area contributed by atoms with Gasteiger partial charge >= 0.3 is 0 Å². The molecule has 0 unspecified atom stereocenters. The first-order valence-electron chi connectivity index (χ1n) is 8.28. The molecule has 7 heteroatoms. The molecule has 2 N–H and O–H groups in total. The number of anilines is 1. The van der Waals surface area contributed by atoms with E-state index >= 15 is 0 Å². The van der Waals surface area contributed by atoms with Crippen molar-refractivity contribution in [3.05, 3.63) is 54.6 Å². The molecule has 0 bridgehead atoms. The first-order valence-corrected chi connectivity index (χ1v) is 9.16. The van der Waals surface area contributed by atoms with Crippen LogP contribution in [0.3, 0.4) is 0 Å². The molecular formula is C19H19N3O3S. The minimum Gasteiger partial charge on any atom is -0.494 e. The number of ether oxygens (including phenoxy) is 1. The summed E-state index contributed by atoms with van der Waals surface area (Å²) in [7, 11) is 0. The highest BCUT2D eigenvalue weighted by Crippen LogP contribution is 2.25. The maximum absolute atomic E-state index is 12.2. The van der Waals surface area contributed by atoms with E-state index in [4.69, 9.17) is 4.74 Å². The van der Waals surface area contributed by atoms with E-state index in [0.717, 1.165) is 11.4 Å². The van der Waals surface area contributed by atoms with Crippen molar-refractivity contribution in [1.29, 1.82) is 0 Å². The van der Waals surface area contributed by atoms with Crippen LogP contribution in [0, 0.1) is 0 Å². The molecule has 0 saturated carbocycles. The number of aliphatic imine (C=N–C) groups is 1. The van der Waals surface area contributed by atoms with Crippen molar-refractivity contribution < 1.29 is 14.3 Å². The number of carbonyl (C=O) groups excluding carboxylic acids is 2. The fourth-order valence-electron chi connectivity index (χ4n) is 2.39. The summed E-state index contributed by atoms with van der Waals surface area (Å²) in [5, 5.41) is 5.54. The molecule has 0 radical (unpaired) electrons. The summed E-state index contributed by atoms with van der Waals surface area (Å²) in [6.07, 6.45) is 0.0809. The Morgan fingerprint density at radius 1 is 1.19 bits per heavy atom. The molecule has 1 fully saturated rings. The van der Waals surface area contributed by atoms with Crippen LogP contribution in [0.1, 0.15) is 13.3 Å². The van der Waals surface area contributed by atoms with Crippen LogP contribution in [-0.2, 0) is 9.59 Å². The number of amides is 2. The van der Waals surface area contributed by atoms with Gasteiger partial charge in [-0.25, -0.2) is 4.99 Å². The second-order valence-electron chi connectivity index (χ2n) is 5.56. The molecule has 0 aliphatic carbocycles. The Balaban J connectivity index is 1.56. The van der Waals surface area contributed by atoms with Gasteiger partial charge in [0.15, 0.2) is 5.17 Å². The van der Waals surface area contributed by atoms with Crippen LogP contribution in [0.5, 0.6) is 5.75 Å². The molecule has 2 aromatic carbocycles. The van der Waals surface area contributed by atoms with Gasteiger partial charge in [-0.3, -0.25) is 9.59 Å². The summed E-state index contributed by atoms with van der Waals surface area (Å²) in [6.45, 7) is 2.50. The molecule has 1 atom stereocenters. The zero-order valence-corrected chi connectivity index (χ0v) is 15.1. The van der Waals surface area contributed by atoms with Gasteiger partial charge in [0.05, 0.1) is 12.3 Å². The second kappa shape index (κ2) is 8.53. The van der Waals surface area contributed by atoms with Crippen molar-refractivity contribution >= 4 is 40.1 Å². The third-order valence-electron chi connectivity index (χ3n) is 3.58. The van der Waals surface area contributed by atoms with Crippen LogP contribution in [-0.4, -0.2) is 28.8 Å². The Morgan fingerprint density at radius 3 is 2.62 bits per heavy atom.